The van der Waals surface area contributed by atoms with Gasteiger partial charge in [0.2, 0.25) is 11.8 Å². The SMILES string of the molecule is COC(=O)[C@@](Cc1ccc(Cl)cc1)(c1ccc2ccccc2c1)N(C(C)=O)C(=O)[C@H](C)N. The number of rotatable bonds is 6. The molecule has 32 heavy (non-hydrogen) atoms. The monoisotopic (exact) mass is 452 g/mol. The van der Waals surface area contributed by atoms with Gasteiger partial charge in [0.05, 0.1) is 13.2 Å². The van der Waals surface area contributed by atoms with Gasteiger partial charge in [-0.2, -0.15) is 0 Å². The summed E-state index contributed by atoms with van der Waals surface area (Å²) in [4.78, 5) is 40.5. The van der Waals surface area contributed by atoms with Crippen molar-refractivity contribution in [3.8, 4) is 0 Å². The van der Waals surface area contributed by atoms with Gasteiger partial charge in [-0.05, 0) is 47.0 Å². The number of hydrogen-bond donors (Lipinski definition) is 1. The average Bonchev–Trinajstić information content (AvgIpc) is 2.78. The Morgan fingerprint density at radius 2 is 1.66 bits per heavy atom. The van der Waals surface area contributed by atoms with Crippen LogP contribution in [0.5, 0.6) is 0 Å². The van der Waals surface area contributed by atoms with E-state index in [4.69, 9.17) is 22.1 Å². The number of benzene rings is 3. The molecule has 0 aromatic heterocycles. The van der Waals surface area contributed by atoms with Gasteiger partial charge in [0.1, 0.15) is 0 Å². The van der Waals surface area contributed by atoms with E-state index in [0.717, 1.165) is 15.7 Å². The van der Waals surface area contributed by atoms with Crippen LogP contribution in [0.4, 0.5) is 0 Å². The average molecular weight is 453 g/mol. The van der Waals surface area contributed by atoms with Gasteiger partial charge in [-0.25, -0.2) is 4.79 Å². The highest BCUT2D eigenvalue weighted by atomic mass is 35.5. The van der Waals surface area contributed by atoms with Crippen LogP contribution < -0.4 is 5.73 Å². The fraction of sp³-hybridized carbons (Fsp3) is 0.240. The molecule has 0 fully saturated rings. The van der Waals surface area contributed by atoms with Gasteiger partial charge in [0, 0.05) is 18.4 Å². The van der Waals surface area contributed by atoms with Crippen molar-refractivity contribution < 1.29 is 19.1 Å². The van der Waals surface area contributed by atoms with Gasteiger partial charge in [-0.1, -0.05) is 60.1 Å². The second-order valence-corrected chi connectivity index (χ2v) is 8.13. The normalized spacial score (nSPS) is 13.8. The fourth-order valence-corrected chi connectivity index (χ4v) is 4.05. The highest BCUT2D eigenvalue weighted by Gasteiger charge is 2.52. The zero-order valence-corrected chi connectivity index (χ0v) is 18.9. The first kappa shape index (κ1) is 23.4. The second-order valence-electron chi connectivity index (χ2n) is 7.70. The molecule has 0 aliphatic heterocycles. The molecule has 3 aromatic carbocycles. The molecule has 0 heterocycles. The first-order chi connectivity index (χ1) is 15.2. The lowest BCUT2D eigenvalue weighted by atomic mass is 9.80. The van der Waals surface area contributed by atoms with Gasteiger partial charge < -0.3 is 10.5 Å². The van der Waals surface area contributed by atoms with E-state index in [2.05, 4.69) is 0 Å². The number of ether oxygens (including phenoxy) is 1. The molecule has 3 rings (SSSR count). The summed E-state index contributed by atoms with van der Waals surface area (Å²) < 4.78 is 5.19. The van der Waals surface area contributed by atoms with Crippen LogP contribution in [0.25, 0.3) is 10.8 Å². The summed E-state index contributed by atoms with van der Waals surface area (Å²) in [5, 5.41) is 2.33. The van der Waals surface area contributed by atoms with Crippen LogP contribution in [0.15, 0.2) is 66.7 Å². The van der Waals surface area contributed by atoms with Crippen LogP contribution in [0, 0.1) is 0 Å². The third-order valence-corrected chi connectivity index (χ3v) is 5.68. The van der Waals surface area contributed by atoms with Crippen LogP contribution in [0.1, 0.15) is 25.0 Å². The van der Waals surface area contributed by atoms with Crippen molar-refractivity contribution in [2.75, 3.05) is 7.11 Å². The number of halogens is 1. The predicted molar refractivity (Wildman–Crippen MR) is 124 cm³/mol. The molecule has 0 aliphatic carbocycles. The van der Waals surface area contributed by atoms with E-state index < -0.39 is 29.4 Å². The van der Waals surface area contributed by atoms with Gasteiger partial charge in [0.25, 0.3) is 0 Å². The first-order valence-electron chi connectivity index (χ1n) is 10.1. The molecule has 2 atom stereocenters. The number of nitrogens with two attached hydrogens (primary N) is 1. The molecule has 0 bridgehead atoms. The lowest BCUT2D eigenvalue weighted by molar-refractivity contribution is -0.169. The molecule has 3 aromatic rings. The predicted octanol–water partition coefficient (Wildman–Crippen LogP) is 3.83. The third-order valence-electron chi connectivity index (χ3n) is 5.43. The van der Waals surface area contributed by atoms with Crippen molar-refractivity contribution in [1.29, 1.82) is 0 Å². The van der Waals surface area contributed by atoms with Crippen LogP contribution >= 0.6 is 11.6 Å². The van der Waals surface area contributed by atoms with E-state index in [0.29, 0.717) is 16.1 Å². The van der Waals surface area contributed by atoms with Crippen molar-refractivity contribution in [2.45, 2.75) is 31.8 Å². The molecule has 166 valence electrons. The van der Waals surface area contributed by atoms with E-state index in [1.165, 1.54) is 21.0 Å². The molecule has 6 nitrogen and oxygen atoms in total. The quantitative estimate of drug-likeness (QED) is 0.574. The summed E-state index contributed by atoms with van der Waals surface area (Å²) in [6.07, 6.45) is -0.00672. The van der Waals surface area contributed by atoms with Crippen molar-refractivity contribution >= 4 is 40.2 Å². The highest BCUT2D eigenvalue weighted by molar-refractivity contribution is 6.30. The van der Waals surface area contributed by atoms with E-state index in [-0.39, 0.29) is 6.42 Å². The number of hydrogen-bond acceptors (Lipinski definition) is 5. The minimum atomic E-state index is -1.76. The Morgan fingerprint density at radius 3 is 2.22 bits per heavy atom. The van der Waals surface area contributed by atoms with Crippen LogP contribution in [0.3, 0.4) is 0 Å². The number of esters is 1. The molecule has 0 aliphatic rings. The molecule has 0 saturated carbocycles. The number of carbonyl (C=O) groups excluding carboxylic acids is 3. The summed E-state index contributed by atoms with van der Waals surface area (Å²) >= 11 is 6.03. The molecule has 7 heteroatoms. The Hall–Kier alpha value is -3.22. The molecule has 0 saturated heterocycles. The minimum Gasteiger partial charge on any atom is -0.467 e. The Balaban J connectivity index is 2.35. The van der Waals surface area contributed by atoms with Crippen LogP contribution in [0.2, 0.25) is 5.02 Å². The topological polar surface area (TPSA) is 89.7 Å². The Morgan fingerprint density at radius 1 is 1.03 bits per heavy atom. The highest BCUT2D eigenvalue weighted by Crippen LogP contribution is 2.37. The maximum atomic E-state index is 13.5. The van der Waals surface area contributed by atoms with Gasteiger partial charge in [-0.3, -0.25) is 14.5 Å². The number of amides is 2. The summed E-state index contributed by atoms with van der Waals surface area (Å²) in [7, 11) is 1.23. The summed E-state index contributed by atoms with van der Waals surface area (Å²) in [6.45, 7) is 2.71. The lowest BCUT2D eigenvalue weighted by Crippen LogP contribution is -2.61. The van der Waals surface area contributed by atoms with E-state index in [9.17, 15) is 14.4 Å². The fourth-order valence-electron chi connectivity index (χ4n) is 3.92. The summed E-state index contributed by atoms with van der Waals surface area (Å²) in [5.74, 6) is -2.03. The first-order valence-corrected chi connectivity index (χ1v) is 10.5. The minimum absolute atomic E-state index is 0.00672. The molecule has 2 N–H and O–H groups in total. The number of methoxy groups -OCH3 is 1. The molecule has 0 radical (unpaired) electrons. The smallest absolute Gasteiger partial charge is 0.337 e. The van der Waals surface area contributed by atoms with Gasteiger partial charge >= 0.3 is 5.97 Å². The largest absolute Gasteiger partial charge is 0.467 e. The number of fused-ring (bicyclic) bond motifs is 1. The standard InChI is InChI=1S/C25H25ClN2O4/c1-16(27)23(30)28(17(2)29)25(24(31)32-3,15-18-8-12-22(26)13-9-18)21-11-10-19-6-4-5-7-20(19)14-21/h4-14,16H,15,27H2,1-3H3/t16-,25+/m0/s1. The zero-order chi connectivity index (χ0) is 23.5. The van der Waals surface area contributed by atoms with Crippen molar-refractivity contribution in [3.05, 3.63) is 82.9 Å². The van der Waals surface area contributed by atoms with Gasteiger partial charge in [-0.15, -0.1) is 0 Å². The van der Waals surface area contributed by atoms with Crippen LogP contribution in [-0.4, -0.2) is 35.8 Å². The van der Waals surface area contributed by atoms with E-state index in [1.54, 1.807) is 36.4 Å². The van der Waals surface area contributed by atoms with Crippen LogP contribution in [-0.2, 0) is 31.1 Å². The van der Waals surface area contributed by atoms with E-state index >= 15 is 0 Å². The Kier molecular flexibility index (Phi) is 6.96. The number of nitrogens with zero attached hydrogens (tertiary/aromatic N) is 1. The number of carbonyl (C=O) groups is 3. The van der Waals surface area contributed by atoms with E-state index in [1.807, 2.05) is 30.3 Å². The third kappa shape index (κ3) is 4.38. The van der Waals surface area contributed by atoms with Crippen molar-refractivity contribution in [1.82, 2.24) is 4.90 Å². The second kappa shape index (κ2) is 9.51. The summed E-state index contributed by atoms with van der Waals surface area (Å²) in [6, 6.07) is 18.9. The molecule has 0 spiro atoms. The van der Waals surface area contributed by atoms with Gasteiger partial charge in [0.15, 0.2) is 5.54 Å². The number of imide groups is 1. The molecular weight excluding hydrogens is 428 g/mol. The lowest BCUT2D eigenvalue weighted by Gasteiger charge is -2.41. The Bertz CT molecular complexity index is 1160. The zero-order valence-electron chi connectivity index (χ0n) is 18.2. The maximum absolute atomic E-state index is 13.5. The van der Waals surface area contributed by atoms with Crippen molar-refractivity contribution in [3.63, 3.8) is 0 Å². The molecular formula is C25H25ClN2O4. The Labute approximate surface area is 191 Å². The molecule has 2 amide bonds. The molecule has 0 unspecified atom stereocenters. The summed E-state index contributed by atoms with van der Waals surface area (Å²) in [5.41, 5.74) is 5.26. The maximum Gasteiger partial charge on any atom is 0.337 e. The van der Waals surface area contributed by atoms with Crippen molar-refractivity contribution in [2.24, 2.45) is 5.73 Å².